The van der Waals surface area contributed by atoms with Crippen LogP contribution < -0.4 is 25.4 Å². The van der Waals surface area contributed by atoms with Gasteiger partial charge in [0.2, 0.25) is 11.9 Å². The van der Waals surface area contributed by atoms with Crippen LogP contribution in [0.1, 0.15) is 6.42 Å². The molecular weight excluding hydrogens is 543 g/mol. The van der Waals surface area contributed by atoms with Gasteiger partial charge < -0.3 is 30.2 Å². The van der Waals surface area contributed by atoms with Crippen LogP contribution in [0, 0.1) is 11.6 Å². The largest absolute Gasteiger partial charge is 0.494 e. The summed E-state index contributed by atoms with van der Waals surface area (Å²) in [6, 6.07) is 1.39. The molecule has 3 N–H and O–H groups in total. The summed E-state index contributed by atoms with van der Waals surface area (Å²) < 4.78 is 85.1. The minimum absolute atomic E-state index is 0.00544. The predicted octanol–water partition coefficient (Wildman–Crippen LogP) is 3.83. The lowest BCUT2D eigenvalue weighted by Crippen LogP contribution is -2.52. The van der Waals surface area contributed by atoms with Crippen molar-refractivity contribution < 1.29 is 41.0 Å². The molecular formula is C25H25F5N6O4. The third kappa shape index (κ3) is 6.30. The van der Waals surface area contributed by atoms with Crippen molar-refractivity contribution in [1.29, 1.82) is 0 Å². The highest BCUT2D eigenvalue weighted by atomic mass is 19.4. The summed E-state index contributed by atoms with van der Waals surface area (Å²) in [4.78, 5) is 24.4. The third-order valence-corrected chi connectivity index (χ3v) is 6.04. The van der Waals surface area contributed by atoms with Crippen LogP contribution in [0.5, 0.6) is 11.5 Å². The Balaban J connectivity index is 1.79. The number of nitrogens with zero attached hydrogens (tertiary/aromatic N) is 3. The molecule has 1 aliphatic heterocycles. The van der Waals surface area contributed by atoms with E-state index in [-0.39, 0.29) is 52.6 Å². The van der Waals surface area contributed by atoms with Gasteiger partial charge in [0.25, 0.3) is 0 Å². The van der Waals surface area contributed by atoms with Crippen LogP contribution in [0.25, 0.3) is 22.2 Å². The minimum Gasteiger partial charge on any atom is -0.494 e. The second kappa shape index (κ2) is 11.9. The van der Waals surface area contributed by atoms with E-state index in [1.54, 1.807) is 0 Å². The fourth-order valence-electron chi connectivity index (χ4n) is 4.12. The lowest BCUT2D eigenvalue weighted by molar-refractivity contribution is -0.118. The molecule has 3 heterocycles. The van der Waals surface area contributed by atoms with Crippen LogP contribution in [0.3, 0.4) is 0 Å². The fraction of sp³-hybridized carbons (Fsp3) is 0.360. The summed E-state index contributed by atoms with van der Waals surface area (Å²) in [5.74, 6) is -3.75. The van der Waals surface area contributed by atoms with Gasteiger partial charge in [-0.3, -0.25) is 4.79 Å². The topological polar surface area (TPSA) is 120 Å². The normalized spacial score (nSPS) is 17.3. The van der Waals surface area contributed by atoms with E-state index in [2.05, 4.69) is 37.5 Å². The molecule has 0 spiro atoms. The molecule has 2 atom stereocenters. The molecule has 10 nitrogen and oxygen atoms in total. The number of aromatic nitrogens is 3. The number of hydrogen-bond donors (Lipinski definition) is 3. The molecule has 214 valence electrons. The Morgan fingerprint density at radius 1 is 1.15 bits per heavy atom. The van der Waals surface area contributed by atoms with E-state index in [1.807, 2.05) is 0 Å². The van der Waals surface area contributed by atoms with Gasteiger partial charge in [-0.05, 0) is 18.6 Å². The van der Waals surface area contributed by atoms with Gasteiger partial charge in [0.15, 0.2) is 29.0 Å². The number of nitrogens with one attached hydrogen (secondary N) is 3. The Morgan fingerprint density at radius 2 is 1.85 bits per heavy atom. The molecule has 1 fully saturated rings. The molecule has 4 rings (SSSR count). The molecule has 3 aromatic rings. The van der Waals surface area contributed by atoms with Crippen molar-refractivity contribution in [1.82, 2.24) is 20.3 Å². The zero-order valence-electron chi connectivity index (χ0n) is 21.4. The van der Waals surface area contributed by atoms with E-state index in [1.165, 1.54) is 12.3 Å². The number of pyridine rings is 1. The Hall–Kier alpha value is -4.27. The van der Waals surface area contributed by atoms with Gasteiger partial charge in [-0.25, -0.2) is 23.7 Å². The molecule has 1 amide bonds. The molecule has 0 bridgehead atoms. The average molecular weight is 569 g/mol. The zero-order chi connectivity index (χ0) is 29.0. The van der Waals surface area contributed by atoms with Crippen LogP contribution >= 0.6 is 0 Å². The van der Waals surface area contributed by atoms with Gasteiger partial charge in [0.1, 0.15) is 12.1 Å². The average Bonchev–Trinajstić information content (AvgIpc) is 2.92. The minimum atomic E-state index is -4.64. The number of carbonyl (C=O) groups excluding carboxylic acids is 1. The highest BCUT2D eigenvalue weighted by Gasteiger charge is 2.30. The van der Waals surface area contributed by atoms with E-state index in [4.69, 9.17) is 14.2 Å². The van der Waals surface area contributed by atoms with Crippen molar-refractivity contribution in [2.45, 2.75) is 24.7 Å². The lowest BCUT2D eigenvalue weighted by atomic mass is 10.0. The number of rotatable bonds is 9. The molecule has 1 aromatic carbocycles. The van der Waals surface area contributed by atoms with E-state index in [0.29, 0.717) is 13.0 Å². The van der Waals surface area contributed by atoms with Gasteiger partial charge in [-0.15, -0.1) is 0 Å². The summed E-state index contributed by atoms with van der Waals surface area (Å²) in [5, 5.41) is 8.09. The second-order valence-electron chi connectivity index (χ2n) is 8.67. The van der Waals surface area contributed by atoms with E-state index < -0.39 is 41.8 Å². The van der Waals surface area contributed by atoms with Crippen LogP contribution in [0.2, 0.25) is 0 Å². The molecule has 0 unspecified atom stereocenters. The van der Waals surface area contributed by atoms with Crippen molar-refractivity contribution in [3.8, 4) is 22.8 Å². The second-order valence-corrected chi connectivity index (χ2v) is 8.67. The number of halogens is 5. The first kappa shape index (κ1) is 28.7. The molecule has 1 saturated heterocycles. The van der Waals surface area contributed by atoms with Gasteiger partial charge >= 0.3 is 6.18 Å². The Morgan fingerprint density at radius 3 is 2.48 bits per heavy atom. The Labute approximate surface area is 224 Å². The Kier molecular flexibility index (Phi) is 8.52. The molecule has 15 heteroatoms. The standard InChI is InChI=1S/C25H25F5N6O4/c1-4-18(37)33-13-5-6-40-10-15(13)35-24-31-9-12-7-14(34-23(22(12)36-24)32-11-25(28,29)30)19-20(26)16(38-2)8-17(39-3)21(19)27/h4,7-9,13,15H,1,5-6,10-11H2,2-3H3,(H,32,34)(H,33,37)(H,31,35,36)/t13-,15+/m0/s1. The third-order valence-electron chi connectivity index (χ3n) is 6.04. The van der Waals surface area contributed by atoms with E-state index in [9.17, 15) is 18.0 Å². The first-order chi connectivity index (χ1) is 19.0. The van der Waals surface area contributed by atoms with Crippen LogP contribution in [-0.4, -0.2) is 73.1 Å². The molecule has 1 aliphatic rings. The van der Waals surface area contributed by atoms with Gasteiger partial charge in [0, 0.05) is 24.3 Å². The molecule has 0 aliphatic carbocycles. The molecule has 40 heavy (non-hydrogen) atoms. The predicted molar refractivity (Wildman–Crippen MR) is 135 cm³/mol. The van der Waals surface area contributed by atoms with Crippen LogP contribution in [0.15, 0.2) is 31.0 Å². The molecule has 0 radical (unpaired) electrons. The van der Waals surface area contributed by atoms with Gasteiger partial charge in [-0.1, -0.05) is 6.58 Å². The number of carbonyl (C=O) groups is 1. The van der Waals surface area contributed by atoms with Crippen molar-refractivity contribution in [3.63, 3.8) is 0 Å². The monoisotopic (exact) mass is 568 g/mol. The summed E-state index contributed by atoms with van der Waals surface area (Å²) >= 11 is 0. The van der Waals surface area contributed by atoms with Crippen LogP contribution in [-0.2, 0) is 9.53 Å². The highest BCUT2D eigenvalue weighted by Crippen LogP contribution is 2.38. The number of amides is 1. The number of fused-ring (bicyclic) bond motifs is 1. The maximum Gasteiger partial charge on any atom is 0.405 e. The number of benzene rings is 1. The fourth-order valence-corrected chi connectivity index (χ4v) is 4.12. The lowest BCUT2D eigenvalue weighted by Gasteiger charge is -2.32. The van der Waals surface area contributed by atoms with E-state index in [0.717, 1.165) is 26.4 Å². The maximum atomic E-state index is 15.2. The first-order valence-electron chi connectivity index (χ1n) is 11.9. The molecule has 2 aromatic heterocycles. The number of anilines is 2. The van der Waals surface area contributed by atoms with E-state index >= 15 is 8.78 Å². The van der Waals surface area contributed by atoms with Crippen molar-refractivity contribution in [2.75, 3.05) is 44.6 Å². The quantitative estimate of drug-likeness (QED) is 0.261. The SMILES string of the molecule is C=CC(=O)N[C@H]1CCOC[C@H]1Nc1ncc2cc(-c3c(F)c(OC)cc(OC)c3F)nc(NCC(F)(F)F)c2n1. The smallest absolute Gasteiger partial charge is 0.405 e. The van der Waals surface area contributed by atoms with Crippen molar-refractivity contribution in [2.24, 2.45) is 0 Å². The van der Waals surface area contributed by atoms with Gasteiger partial charge in [-0.2, -0.15) is 13.2 Å². The van der Waals surface area contributed by atoms with Gasteiger partial charge in [0.05, 0.1) is 44.2 Å². The molecule has 0 saturated carbocycles. The van der Waals surface area contributed by atoms with Crippen molar-refractivity contribution in [3.05, 3.63) is 42.6 Å². The number of hydrogen-bond acceptors (Lipinski definition) is 9. The maximum absolute atomic E-state index is 15.2. The highest BCUT2D eigenvalue weighted by molar-refractivity contribution is 5.92. The Bertz CT molecular complexity index is 1390. The number of alkyl halides is 3. The summed E-state index contributed by atoms with van der Waals surface area (Å²) in [6.07, 6.45) is -1.76. The number of methoxy groups -OCH3 is 2. The van der Waals surface area contributed by atoms with Crippen LogP contribution in [0.4, 0.5) is 33.7 Å². The number of ether oxygens (including phenoxy) is 3. The van der Waals surface area contributed by atoms with Crippen molar-refractivity contribution >= 4 is 28.6 Å². The summed E-state index contributed by atoms with van der Waals surface area (Å²) in [5.41, 5.74) is -1.07. The zero-order valence-corrected chi connectivity index (χ0v) is 21.4. The summed E-state index contributed by atoms with van der Waals surface area (Å²) in [7, 11) is 2.33. The summed E-state index contributed by atoms with van der Waals surface area (Å²) in [6.45, 7) is 2.53. The first-order valence-corrected chi connectivity index (χ1v) is 11.9.